The minimum atomic E-state index is -1.07. The molecule has 4 heteroatoms. The molecule has 0 spiro atoms. The summed E-state index contributed by atoms with van der Waals surface area (Å²) in [7, 11) is 0. The average Bonchev–Trinajstić information content (AvgIpc) is 2.87. The van der Waals surface area contributed by atoms with Crippen molar-refractivity contribution in [2.24, 2.45) is 11.3 Å². The Kier molecular flexibility index (Phi) is 17.9. The molecular weight excluding hydrogens is 280 g/mol. The van der Waals surface area contributed by atoms with Crippen molar-refractivity contribution < 1.29 is 19.8 Å². The van der Waals surface area contributed by atoms with Gasteiger partial charge in [0.05, 0.1) is 11.3 Å². The van der Waals surface area contributed by atoms with Gasteiger partial charge in [0.2, 0.25) is 0 Å². The summed E-state index contributed by atoms with van der Waals surface area (Å²) in [6, 6.07) is 0. The van der Waals surface area contributed by atoms with Crippen molar-refractivity contribution in [3.63, 3.8) is 0 Å². The van der Waals surface area contributed by atoms with Gasteiger partial charge in [-0.3, -0.25) is 9.59 Å². The van der Waals surface area contributed by atoms with Crippen LogP contribution < -0.4 is 0 Å². The fourth-order valence-electron chi connectivity index (χ4n) is 2.87. The Morgan fingerprint density at radius 1 is 0.818 bits per heavy atom. The summed E-state index contributed by atoms with van der Waals surface area (Å²) in [6.45, 7) is 1.54. The van der Waals surface area contributed by atoms with Gasteiger partial charge in [0.25, 0.3) is 0 Å². The molecule has 0 aromatic rings. The molecule has 0 amide bonds. The van der Waals surface area contributed by atoms with E-state index in [1.54, 1.807) is 0 Å². The van der Waals surface area contributed by atoms with Crippen LogP contribution in [0, 0.1) is 41.0 Å². The van der Waals surface area contributed by atoms with Crippen LogP contribution in [0.4, 0.5) is 0 Å². The van der Waals surface area contributed by atoms with Gasteiger partial charge in [0.1, 0.15) is 0 Å². The lowest BCUT2D eigenvalue weighted by Gasteiger charge is -2.34. The molecule has 0 bridgehead atoms. The molecule has 2 atom stereocenters. The summed E-state index contributed by atoms with van der Waals surface area (Å²) in [5, 5.41) is 17.8. The number of rotatable bonds is 2. The van der Waals surface area contributed by atoms with Gasteiger partial charge in [-0.25, -0.2) is 0 Å². The van der Waals surface area contributed by atoms with Gasteiger partial charge in [-0.1, -0.05) is 44.9 Å². The summed E-state index contributed by atoms with van der Waals surface area (Å²) >= 11 is 0. The number of carboxylic acid groups (broad SMARTS) is 2. The van der Waals surface area contributed by atoms with Crippen LogP contribution in [0.5, 0.6) is 0 Å². The molecular formula is C18H24O4. The molecule has 120 valence electrons. The maximum absolute atomic E-state index is 10.9. The van der Waals surface area contributed by atoms with Gasteiger partial charge in [0, 0.05) is 29.7 Å². The van der Waals surface area contributed by atoms with E-state index in [1.165, 1.54) is 39.0 Å². The summed E-state index contributed by atoms with van der Waals surface area (Å²) in [5.74, 6) is -2.69. The first kappa shape index (κ1) is 29.0. The van der Waals surface area contributed by atoms with E-state index in [9.17, 15) is 9.59 Å². The maximum atomic E-state index is 10.9. The Labute approximate surface area is 138 Å². The normalized spacial score (nSPS) is 25.6. The molecule has 2 fully saturated rings. The van der Waals surface area contributed by atoms with Crippen LogP contribution in [0.15, 0.2) is 0 Å². The van der Waals surface area contributed by atoms with E-state index in [0.29, 0.717) is 12.8 Å². The predicted molar refractivity (Wildman–Crippen MR) is 81.4 cm³/mol. The average molecular weight is 304 g/mol. The van der Waals surface area contributed by atoms with E-state index >= 15 is 0 Å². The van der Waals surface area contributed by atoms with E-state index in [4.69, 9.17) is 10.2 Å². The first-order valence-corrected chi connectivity index (χ1v) is 6.94. The minimum absolute atomic E-state index is 0. The van der Waals surface area contributed by atoms with Gasteiger partial charge in [-0.2, -0.15) is 0 Å². The highest BCUT2D eigenvalue weighted by Gasteiger charge is 2.46. The number of aliphatic carboxylic acids is 2. The summed E-state index contributed by atoms with van der Waals surface area (Å²) in [6.07, 6.45) is 10.1. The van der Waals surface area contributed by atoms with Gasteiger partial charge in [0.15, 0.2) is 0 Å². The smallest absolute Gasteiger partial charge is 0.310 e. The van der Waals surface area contributed by atoms with E-state index in [0.717, 1.165) is 12.8 Å². The zero-order valence-electron chi connectivity index (χ0n) is 13.2. The van der Waals surface area contributed by atoms with Crippen LogP contribution in [0.3, 0.4) is 0 Å². The van der Waals surface area contributed by atoms with Crippen molar-refractivity contribution in [3.05, 3.63) is 29.7 Å². The second-order valence-corrected chi connectivity index (χ2v) is 5.63. The van der Waals surface area contributed by atoms with E-state index in [1.807, 2.05) is 0 Å². The summed E-state index contributed by atoms with van der Waals surface area (Å²) < 4.78 is 0. The van der Waals surface area contributed by atoms with Crippen LogP contribution >= 0.6 is 0 Å². The molecule has 2 N–H and O–H groups in total. The Hall–Kier alpha value is -1.06. The predicted octanol–water partition coefficient (Wildman–Crippen LogP) is 3.63. The third kappa shape index (κ3) is 7.81. The number of carboxylic acids is 2. The van der Waals surface area contributed by atoms with Crippen LogP contribution in [-0.2, 0) is 9.59 Å². The molecule has 2 aliphatic rings. The zero-order valence-corrected chi connectivity index (χ0v) is 13.2. The summed E-state index contributed by atoms with van der Waals surface area (Å²) in [4.78, 5) is 21.7. The lowest BCUT2D eigenvalue weighted by molar-refractivity contribution is -0.164. The third-order valence-corrected chi connectivity index (χ3v) is 4.24. The molecule has 2 saturated carbocycles. The van der Waals surface area contributed by atoms with Gasteiger partial charge >= 0.3 is 11.9 Å². The van der Waals surface area contributed by atoms with E-state index < -0.39 is 23.3 Å². The Bertz CT molecular complexity index is 290. The molecule has 0 aromatic carbocycles. The Balaban J connectivity index is -0.000000156. The zero-order chi connectivity index (χ0) is 13.6. The minimum Gasteiger partial charge on any atom is -0.481 e. The van der Waals surface area contributed by atoms with Gasteiger partial charge < -0.3 is 10.2 Å². The first-order chi connectivity index (χ1) is 8.48. The van der Waals surface area contributed by atoms with Crippen molar-refractivity contribution in [3.8, 4) is 0 Å². The number of hydrogen-bond donors (Lipinski definition) is 2. The molecule has 2 rings (SSSR count). The van der Waals surface area contributed by atoms with Crippen molar-refractivity contribution >= 4 is 11.9 Å². The Morgan fingerprint density at radius 3 is 1.50 bits per heavy atom. The number of carbonyl (C=O) groups is 2. The largest absolute Gasteiger partial charge is 0.481 e. The molecule has 0 heterocycles. The van der Waals surface area contributed by atoms with Gasteiger partial charge in [-0.15, -0.1) is 0 Å². The monoisotopic (exact) mass is 304 g/mol. The standard InChI is InChI=1S/C9H14O4.C5H10.4C/c1-9(8(12)13)5-3-2-4-6(9)7(10)11;1-2-4-5-3-1;;;;/h6H,2-5H2,1H3,(H,10,11)(H,12,13);1-5H2;;;;. The van der Waals surface area contributed by atoms with Crippen LogP contribution in [0.1, 0.15) is 64.7 Å². The van der Waals surface area contributed by atoms with Crippen LogP contribution in [-0.4, -0.2) is 22.2 Å². The highest BCUT2D eigenvalue weighted by molar-refractivity contribution is 5.83. The molecule has 2 unspecified atom stereocenters. The lowest BCUT2D eigenvalue weighted by Crippen LogP contribution is -2.42. The quantitative estimate of drug-likeness (QED) is 0.817. The molecule has 0 aliphatic heterocycles. The lowest BCUT2D eigenvalue weighted by atomic mass is 9.67. The van der Waals surface area contributed by atoms with Crippen molar-refractivity contribution in [2.75, 3.05) is 0 Å². The molecule has 4 nitrogen and oxygen atoms in total. The fourth-order valence-corrected chi connectivity index (χ4v) is 2.87. The maximum Gasteiger partial charge on any atom is 0.310 e. The van der Waals surface area contributed by atoms with Crippen LogP contribution in [0.2, 0.25) is 0 Å². The van der Waals surface area contributed by atoms with Crippen molar-refractivity contribution in [2.45, 2.75) is 64.7 Å². The van der Waals surface area contributed by atoms with E-state index in [-0.39, 0.29) is 29.7 Å². The number of hydrogen-bond acceptors (Lipinski definition) is 2. The van der Waals surface area contributed by atoms with Crippen LogP contribution in [0.25, 0.3) is 0 Å². The molecule has 22 heavy (non-hydrogen) atoms. The third-order valence-electron chi connectivity index (χ3n) is 4.24. The van der Waals surface area contributed by atoms with Crippen molar-refractivity contribution in [1.29, 1.82) is 0 Å². The molecule has 0 saturated heterocycles. The molecule has 0 aromatic heterocycles. The second kappa shape index (κ2) is 13.6. The highest BCUT2D eigenvalue weighted by atomic mass is 16.4. The molecule has 2 aliphatic carbocycles. The first-order valence-electron chi connectivity index (χ1n) is 6.94. The van der Waals surface area contributed by atoms with Gasteiger partial charge in [-0.05, 0) is 19.8 Å². The van der Waals surface area contributed by atoms with Crippen molar-refractivity contribution in [1.82, 2.24) is 0 Å². The second-order valence-electron chi connectivity index (χ2n) is 5.63. The highest BCUT2D eigenvalue weighted by Crippen LogP contribution is 2.41. The van der Waals surface area contributed by atoms with E-state index in [2.05, 4.69) is 0 Å². The molecule has 16 radical (unpaired) electrons. The fraction of sp³-hybridized carbons (Fsp3) is 0.667. The summed E-state index contributed by atoms with van der Waals surface area (Å²) in [5.41, 5.74) is -1.07. The topological polar surface area (TPSA) is 74.6 Å². The Morgan fingerprint density at radius 2 is 1.23 bits per heavy atom. The SMILES string of the molecule is C1CCCC1.CC1(C(=O)O)CCCCC1C(=O)O.[C].[C].[C].[C].